The smallest absolute Gasteiger partial charge is 0.0619 e. The van der Waals surface area contributed by atoms with E-state index in [2.05, 4.69) is 228 Å². The second-order valence-electron chi connectivity index (χ2n) is 16.8. The summed E-state index contributed by atoms with van der Waals surface area (Å²) in [4.78, 5) is 0. The molecule has 0 unspecified atom stereocenters. The van der Waals surface area contributed by atoms with Crippen LogP contribution in [0.5, 0.6) is 0 Å². The topological polar surface area (TPSA) is 9.86 Å². The third kappa shape index (κ3) is 4.58. The quantitative estimate of drug-likeness (QED) is 0.168. The van der Waals surface area contributed by atoms with Crippen LogP contribution >= 0.6 is 0 Å². The Labute approximate surface area is 357 Å². The van der Waals surface area contributed by atoms with Crippen LogP contribution in [0, 0.1) is 0 Å². The molecular weight excluding hydrogens is 749 g/mol. The standard InChI is InChI=1S/C60H36N2/c1-2-14-40(15-3-1)61-57-34-29-38(35-54(57)53-31-27-37-13-4-5-16-41(37)60(53)61)39-28-30-49-48-19-8-9-25-55(48)62(58(49)36-39)56-26-12-21-43-42(20-10-22-47(43)56)46-32-33-52-45-18-7-6-17-44(45)50-23-11-24-51(46)59(50)52/h1-36H. The Morgan fingerprint density at radius 3 is 1.73 bits per heavy atom. The van der Waals surface area contributed by atoms with E-state index in [0.29, 0.717) is 0 Å². The van der Waals surface area contributed by atoms with Crippen LogP contribution in [0.1, 0.15) is 0 Å². The molecule has 286 valence electrons. The Kier molecular flexibility index (Phi) is 6.86. The van der Waals surface area contributed by atoms with Gasteiger partial charge in [0.15, 0.2) is 0 Å². The fourth-order valence-corrected chi connectivity index (χ4v) is 11.0. The van der Waals surface area contributed by atoms with Gasteiger partial charge < -0.3 is 9.13 Å². The summed E-state index contributed by atoms with van der Waals surface area (Å²) in [6.07, 6.45) is 0. The molecule has 13 aromatic rings. The fraction of sp³-hybridized carbons (Fsp3) is 0. The molecule has 1 aliphatic carbocycles. The van der Waals surface area contributed by atoms with Gasteiger partial charge in [-0.25, -0.2) is 0 Å². The molecule has 2 nitrogen and oxygen atoms in total. The van der Waals surface area contributed by atoms with Crippen molar-refractivity contribution in [2.45, 2.75) is 0 Å². The molecule has 0 amide bonds. The lowest BCUT2D eigenvalue weighted by Gasteiger charge is -2.16. The second-order valence-corrected chi connectivity index (χ2v) is 16.8. The Morgan fingerprint density at radius 2 is 0.839 bits per heavy atom. The van der Waals surface area contributed by atoms with Gasteiger partial charge in [-0.3, -0.25) is 0 Å². The molecule has 62 heavy (non-hydrogen) atoms. The zero-order valence-electron chi connectivity index (χ0n) is 33.7. The van der Waals surface area contributed by atoms with Crippen molar-refractivity contribution in [1.82, 2.24) is 9.13 Å². The minimum absolute atomic E-state index is 1.17. The Morgan fingerprint density at radius 1 is 0.258 bits per heavy atom. The number of benzene rings is 11. The largest absolute Gasteiger partial charge is 0.309 e. The molecule has 2 heteroatoms. The second kappa shape index (κ2) is 12.7. The number of para-hydroxylation sites is 2. The maximum Gasteiger partial charge on any atom is 0.0619 e. The number of nitrogens with zero attached hydrogens (tertiary/aromatic N) is 2. The molecule has 14 rings (SSSR count). The molecule has 1 aliphatic rings. The lowest BCUT2D eigenvalue weighted by Crippen LogP contribution is -1.96. The van der Waals surface area contributed by atoms with Crippen molar-refractivity contribution in [1.29, 1.82) is 0 Å². The Bertz CT molecular complexity index is 4000. The molecule has 0 aliphatic heterocycles. The number of rotatable bonds is 4. The molecule has 0 radical (unpaired) electrons. The average Bonchev–Trinajstić information content (AvgIpc) is 3.98. The normalized spacial score (nSPS) is 12.2. The van der Waals surface area contributed by atoms with Gasteiger partial charge in [0, 0.05) is 38.0 Å². The summed E-state index contributed by atoms with van der Waals surface area (Å²) in [5.74, 6) is 0. The van der Waals surface area contributed by atoms with Gasteiger partial charge in [-0.2, -0.15) is 0 Å². The number of hydrogen-bond donors (Lipinski definition) is 0. The number of hydrogen-bond acceptors (Lipinski definition) is 0. The molecule has 0 N–H and O–H groups in total. The predicted octanol–water partition coefficient (Wildman–Crippen LogP) is 16.3. The summed E-state index contributed by atoms with van der Waals surface area (Å²) in [6.45, 7) is 0. The zero-order chi connectivity index (χ0) is 40.5. The molecule has 11 aromatic carbocycles. The van der Waals surface area contributed by atoms with Crippen molar-refractivity contribution in [3.63, 3.8) is 0 Å². The summed E-state index contributed by atoms with van der Waals surface area (Å²) in [5.41, 5.74) is 17.4. The van der Waals surface area contributed by atoms with Crippen LogP contribution in [0.25, 0.3) is 132 Å². The van der Waals surface area contributed by atoms with E-state index in [4.69, 9.17) is 0 Å². The maximum absolute atomic E-state index is 2.50. The highest BCUT2D eigenvalue weighted by Gasteiger charge is 2.24. The van der Waals surface area contributed by atoms with Gasteiger partial charge in [0.05, 0.1) is 27.8 Å². The first-order valence-corrected chi connectivity index (χ1v) is 21.5. The summed E-state index contributed by atoms with van der Waals surface area (Å²) in [5, 5.41) is 12.6. The van der Waals surface area contributed by atoms with Crippen molar-refractivity contribution >= 4 is 75.9 Å². The van der Waals surface area contributed by atoms with Crippen LogP contribution in [-0.2, 0) is 0 Å². The Hall–Kier alpha value is -8.20. The van der Waals surface area contributed by atoms with E-state index in [1.165, 1.54) is 132 Å². The van der Waals surface area contributed by atoms with E-state index in [9.17, 15) is 0 Å². The highest BCUT2D eigenvalue weighted by Crippen LogP contribution is 2.50. The fourth-order valence-electron chi connectivity index (χ4n) is 11.0. The van der Waals surface area contributed by atoms with E-state index >= 15 is 0 Å². The third-order valence-electron chi connectivity index (χ3n) is 13.7. The van der Waals surface area contributed by atoms with Gasteiger partial charge in [-0.1, -0.05) is 176 Å². The molecule has 0 saturated carbocycles. The van der Waals surface area contributed by atoms with Crippen molar-refractivity contribution in [3.05, 3.63) is 218 Å². The highest BCUT2D eigenvalue weighted by molar-refractivity contribution is 6.21. The summed E-state index contributed by atoms with van der Waals surface area (Å²) >= 11 is 0. The van der Waals surface area contributed by atoms with Crippen molar-refractivity contribution in [2.24, 2.45) is 0 Å². The molecule has 0 fully saturated rings. The molecule has 0 spiro atoms. The molecule has 2 heterocycles. The van der Waals surface area contributed by atoms with Gasteiger partial charge in [0.1, 0.15) is 0 Å². The van der Waals surface area contributed by atoms with E-state index in [0.717, 1.165) is 0 Å². The van der Waals surface area contributed by atoms with Crippen molar-refractivity contribution in [2.75, 3.05) is 0 Å². The van der Waals surface area contributed by atoms with Crippen LogP contribution in [0.4, 0.5) is 0 Å². The third-order valence-corrected chi connectivity index (χ3v) is 13.7. The maximum atomic E-state index is 2.50. The molecule has 0 atom stereocenters. The first-order valence-electron chi connectivity index (χ1n) is 21.5. The van der Waals surface area contributed by atoms with Crippen LogP contribution in [0.2, 0.25) is 0 Å². The lowest BCUT2D eigenvalue weighted by atomic mass is 9.91. The first-order chi connectivity index (χ1) is 30.8. The average molecular weight is 785 g/mol. The van der Waals surface area contributed by atoms with Crippen LogP contribution in [0.3, 0.4) is 0 Å². The van der Waals surface area contributed by atoms with E-state index < -0.39 is 0 Å². The number of fused-ring (bicyclic) bond motifs is 12. The van der Waals surface area contributed by atoms with Gasteiger partial charge in [-0.05, 0) is 109 Å². The van der Waals surface area contributed by atoms with Gasteiger partial charge in [0.25, 0.3) is 0 Å². The molecule has 2 aromatic heterocycles. The summed E-state index contributed by atoms with van der Waals surface area (Å²) in [6, 6.07) is 81.0. The van der Waals surface area contributed by atoms with Crippen LogP contribution < -0.4 is 0 Å². The molecule has 0 bridgehead atoms. The van der Waals surface area contributed by atoms with Crippen molar-refractivity contribution in [3.8, 4) is 55.9 Å². The Balaban J connectivity index is 0.975. The SMILES string of the molecule is c1ccc(-n2c3ccc(-c4ccc5c6ccccc6n(-c6cccc7c(-c8ccc9c%10c(cccc8%10)-c8ccccc8-9)cccc67)c5c4)cc3c3ccc4ccccc4c32)cc1. The van der Waals surface area contributed by atoms with E-state index in [1.807, 2.05) is 0 Å². The van der Waals surface area contributed by atoms with Gasteiger partial charge in [0.2, 0.25) is 0 Å². The zero-order valence-corrected chi connectivity index (χ0v) is 33.7. The van der Waals surface area contributed by atoms with E-state index in [1.54, 1.807) is 0 Å². The number of aromatic nitrogens is 2. The minimum Gasteiger partial charge on any atom is -0.309 e. The monoisotopic (exact) mass is 784 g/mol. The summed E-state index contributed by atoms with van der Waals surface area (Å²) in [7, 11) is 0. The van der Waals surface area contributed by atoms with Gasteiger partial charge in [-0.15, -0.1) is 0 Å². The highest BCUT2D eigenvalue weighted by atomic mass is 15.0. The van der Waals surface area contributed by atoms with Gasteiger partial charge >= 0.3 is 0 Å². The van der Waals surface area contributed by atoms with Crippen LogP contribution in [0.15, 0.2) is 218 Å². The minimum atomic E-state index is 1.17. The predicted molar refractivity (Wildman–Crippen MR) is 263 cm³/mol. The van der Waals surface area contributed by atoms with E-state index in [-0.39, 0.29) is 0 Å². The first kappa shape index (κ1) is 33.6. The van der Waals surface area contributed by atoms with Crippen molar-refractivity contribution < 1.29 is 0 Å². The lowest BCUT2D eigenvalue weighted by molar-refractivity contribution is 1.19. The molecule has 0 saturated heterocycles. The summed E-state index contributed by atoms with van der Waals surface area (Å²) < 4.78 is 4.94. The van der Waals surface area contributed by atoms with Crippen LogP contribution in [-0.4, -0.2) is 9.13 Å². The molecular formula is C60H36N2.